The number of ether oxygens (including phenoxy) is 1. The van der Waals surface area contributed by atoms with Crippen molar-refractivity contribution in [3.63, 3.8) is 0 Å². The minimum absolute atomic E-state index is 0.0575. The lowest BCUT2D eigenvalue weighted by molar-refractivity contribution is 0.0945. The van der Waals surface area contributed by atoms with Crippen LogP contribution in [0, 0.1) is 5.92 Å². The molecule has 0 saturated heterocycles. The molecule has 6 heteroatoms. The molecular weight excluding hydrogens is 342 g/mol. The molecule has 27 heavy (non-hydrogen) atoms. The molecule has 0 unspecified atom stereocenters. The first-order valence-corrected chi connectivity index (χ1v) is 9.29. The number of benzene rings is 2. The monoisotopic (exact) mass is 365 g/mol. The van der Waals surface area contributed by atoms with E-state index in [0.717, 1.165) is 29.6 Å². The Labute approximate surface area is 157 Å². The number of para-hydroxylation sites is 1. The highest BCUT2D eigenvalue weighted by atomic mass is 16.5. The number of amides is 1. The number of nitrogens with zero attached hydrogens (tertiary/aromatic N) is 2. The Morgan fingerprint density at radius 1 is 1.30 bits per heavy atom. The summed E-state index contributed by atoms with van der Waals surface area (Å²) >= 11 is 0. The lowest BCUT2D eigenvalue weighted by Crippen LogP contribution is -2.30. The van der Waals surface area contributed by atoms with Crippen LogP contribution in [-0.2, 0) is 13.0 Å². The van der Waals surface area contributed by atoms with Gasteiger partial charge in [0.25, 0.3) is 5.91 Å². The van der Waals surface area contributed by atoms with Crippen molar-refractivity contribution in [2.24, 2.45) is 5.92 Å². The van der Waals surface area contributed by atoms with Gasteiger partial charge in [-0.15, -0.1) is 0 Å². The maximum atomic E-state index is 12.6. The van der Waals surface area contributed by atoms with Gasteiger partial charge in [0, 0.05) is 18.7 Å². The lowest BCUT2D eigenvalue weighted by atomic mass is 9.97. The van der Waals surface area contributed by atoms with Gasteiger partial charge in [-0.05, 0) is 48.6 Å². The van der Waals surface area contributed by atoms with Crippen molar-refractivity contribution in [1.82, 2.24) is 14.9 Å². The summed E-state index contributed by atoms with van der Waals surface area (Å²) in [5.41, 5.74) is 3.47. The second kappa shape index (κ2) is 7.80. The molecule has 0 saturated carbocycles. The third kappa shape index (κ3) is 3.80. The number of aliphatic hydroxyl groups is 1. The molecule has 140 valence electrons. The van der Waals surface area contributed by atoms with Crippen LogP contribution in [0.1, 0.15) is 22.3 Å². The van der Waals surface area contributed by atoms with Crippen molar-refractivity contribution in [3.05, 3.63) is 59.9 Å². The normalized spacial score (nSPS) is 16.4. The molecule has 6 nitrogen and oxygen atoms in total. The number of hydrogen-bond acceptors (Lipinski definition) is 4. The van der Waals surface area contributed by atoms with Crippen molar-refractivity contribution < 1.29 is 14.6 Å². The van der Waals surface area contributed by atoms with Gasteiger partial charge in [-0.3, -0.25) is 4.79 Å². The molecule has 1 amide bonds. The summed E-state index contributed by atoms with van der Waals surface area (Å²) in [6.45, 7) is 1.84. The highest BCUT2D eigenvalue weighted by Crippen LogP contribution is 2.26. The molecule has 3 aromatic rings. The number of aliphatic hydroxyl groups excluding tert-OH is 1. The van der Waals surface area contributed by atoms with E-state index < -0.39 is 0 Å². The zero-order chi connectivity index (χ0) is 18.6. The second-order valence-electron chi connectivity index (χ2n) is 6.89. The van der Waals surface area contributed by atoms with E-state index in [2.05, 4.69) is 16.4 Å². The Balaban J connectivity index is 1.41. The van der Waals surface area contributed by atoms with Gasteiger partial charge in [0.15, 0.2) is 0 Å². The molecule has 0 aliphatic carbocycles. The van der Waals surface area contributed by atoms with Crippen LogP contribution in [0.2, 0.25) is 0 Å². The van der Waals surface area contributed by atoms with Crippen LogP contribution < -0.4 is 10.1 Å². The molecule has 2 N–H and O–H groups in total. The molecule has 1 aromatic heterocycles. The van der Waals surface area contributed by atoms with Gasteiger partial charge in [0.2, 0.25) is 0 Å². The minimum Gasteiger partial charge on any atom is -0.493 e. The fraction of sp³-hybridized carbons (Fsp3) is 0.333. The van der Waals surface area contributed by atoms with Crippen LogP contribution in [0.15, 0.2) is 48.8 Å². The van der Waals surface area contributed by atoms with Crippen molar-refractivity contribution >= 4 is 16.9 Å². The molecule has 0 radical (unpaired) electrons. The zero-order valence-corrected chi connectivity index (χ0v) is 15.1. The zero-order valence-electron chi connectivity index (χ0n) is 15.1. The summed E-state index contributed by atoms with van der Waals surface area (Å²) in [5.74, 6) is 1.22. The van der Waals surface area contributed by atoms with Crippen molar-refractivity contribution in [2.45, 2.75) is 19.4 Å². The standard InChI is InChI=1S/C21H23N3O3/c25-9-8-24-14-23-18-12-17(5-6-19(18)24)21(26)22-13-15-7-10-27-20-4-2-1-3-16(20)11-15/h1-6,12,14-15,25H,7-11,13H2,(H,22,26)/t15-/m0/s1. The molecule has 1 atom stereocenters. The lowest BCUT2D eigenvalue weighted by Gasteiger charge is -2.14. The van der Waals surface area contributed by atoms with E-state index in [1.165, 1.54) is 5.56 Å². The SMILES string of the molecule is O=C(NC[C@H]1CCOc2ccccc2C1)c1ccc2c(c1)ncn2CCO. The molecule has 2 aromatic carbocycles. The molecule has 2 heterocycles. The van der Waals surface area contributed by atoms with Crippen LogP contribution in [0.25, 0.3) is 11.0 Å². The third-order valence-corrected chi connectivity index (χ3v) is 5.04. The van der Waals surface area contributed by atoms with E-state index in [1.807, 2.05) is 28.8 Å². The number of fused-ring (bicyclic) bond motifs is 2. The van der Waals surface area contributed by atoms with Gasteiger partial charge in [-0.25, -0.2) is 4.98 Å². The molecule has 1 aliphatic heterocycles. The molecule has 4 rings (SSSR count). The number of hydrogen-bond donors (Lipinski definition) is 2. The summed E-state index contributed by atoms with van der Waals surface area (Å²) in [5, 5.41) is 12.1. The van der Waals surface area contributed by atoms with Crippen LogP contribution in [0.5, 0.6) is 5.75 Å². The first-order chi connectivity index (χ1) is 13.2. The smallest absolute Gasteiger partial charge is 0.251 e. The topological polar surface area (TPSA) is 76.4 Å². The highest BCUT2D eigenvalue weighted by molar-refractivity contribution is 5.97. The van der Waals surface area contributed by atoms with E-state index in [9.17, 15) is 4.79 Å². The maximum absolute atomic E-state index is 12.6. The second-order valence-corrected chi connectivity index (χ2v) is 6.89. The number of nitrogens with one attached hydrogen (secondary N) is 1. The predicted octanol–water partition coefficient (Wildman–Crippen LogP) is 2.40. The molecule has 0 bridgehead atoms. The van der Waals surface area contributed by atoms with Gasteiger partial charge < -0.3 is 19.7 Å². The molecule has 0 spiro atoms. The van der Waals surface area contributed by atoms with Gasteiger partial charge in [-0.1, -0.05) is 18.2 Å². The Morgan fingerprint density at radius 2 is 2.19 bits per heavy atom. The summed E-state index contributed by atoms with van der Waals surface area (Å²) in [6, 6.07) is 13.6. The Morgan fingerprint density at radius 3 is 3.07 bits per heavy atom. The Hall–Kier alpha value is -2.86. The number of carbonyl (C=O) groups excluding carboxylic acids is 1. The summed E-state index contributed by atoms with van der Waals surface area (Å²) in [6.07, 6.45) is 3.51. The largest absolute Gasteiger partial charge is 0.493 e. The van der Waals surface area contributed by atoms with E-state index in [-0.39, 0.29) is 12.5 Å². The van der Waals surface area contributed by atoms with Gasteiger partial charge in [0.05, 0.1) is 30.6 Å². The van der Waals surface area contributed by atoms with E-state index >= 15 is 0 Å². The van der Waals surface area contributed by atoms with Crippen LogP contribution >= 0.6 is 0 Å². The minimum atomic E-state index is -0.0907. The average Bonchev–Trinajstić information content (AvgIpc) is 2.97. The number of imidazole rings is 1. The average molecular weight is 365 g/mol. The van der Waals surface area contributed by atoms with Crippen molar-refractivity contribution in [3.8, 4) is 5.75 Å². The maximum Gasteiger partial charge on any atom is 0.251 e. The highest BCUT2D eigenvalue weighted by Gasteiger charge is 2.18. The number of aromatic nitrogens is 2. The van der Waals surface area contributed by atoms with E-state index in [1.54, 1.807) is 18.5 Å². The molecule has 0 fully saturated rings. The quantitative estimate of drug-likeness (QED) is 0.728. The Kier molecular flexibility index (Phi) is 5.07. The third-order valence-electron chi connectivity index (χ3n) is 5.04. The first-order valence-electron chi connectivity index (χ1n) is 9.29. The fourth-order valence-electron chi connectivity index (χ4n) is 3.57. The fourth-order valence-corrected chi connectivity index (χ4v) is 3.57. The van der Waals surface area contributed by atoms with Gasteiger partial charge >= 0.3 is 0 Å². The van der Waals surface area contributed by atoms with Crippen molar-refractivity contribution in [1.29, 1.82) is 0 Å². The van der Waals surface area contributed by atoms with Gasteiger partial charge in [0.1, 0.15) is 5.75 Å². The summed E-state index contributed by atoms with van der Waals surface area (Å²) in [7, 11) is 0. The van der Waals surface area contributed by atoms with Crippen molar-refractivity contribution in [2.75, 3.05) is 19.8 Å². The van der Waals surface area contributed by atoms with Crippen LogP contribution in [0.3, 0.4) is 0 Å². The van der Waals surface area contributed by atoms with E-state index in [4.69, 9.17) is 9.84 Å². The van der Waals surface area contributed by atoms with Crippen LogP contribution in [-0.4, -0.2) is 40.3 Å². The van der Waals surface area contributed by atoms with Crippen LogP contribution in [0.4, 0.5) is 0 Å². The number of carbonyl (C=O) groups is 1. The Bertz CT molecular complexity index is 951. The van der Waals surface area contributed by atoms with Gasteiger partial charge in [-0.2, -0.15) is 0 Å². The molecule has 1 aliphatic rings. The summed E-state index contributed by atoms with van der Waals surface area (Å²) in [4.78, 5) is 16.9. The molecular formula is C21H23N3O3. The first kappa shape index (κ1) is 17.5. The number of rotatable bonds is 5. The summed E-state index contributed by atoms with van der Waals surface area (Å²) < 4.78 is 7.67. The van der Waals surface area contributed by atoms with E-state index in [0.29, 0.717) is 31.2 Å². The predicted molar refractivity (Wildman–Crippen MR) is 103 cm³/mol.